The molecule has 0 radical (unpaired) electrons. The summed E-state index contributed by atoms with van der Waals surface area (Å²) in [5.41, 5.74) is 6.68. The summed E-state index contributed by atoms with van der Waals surface area (Å²) in [4.78, 5) is 15.2. The van der Waals surface area contributed by atoms with Gasteiger partial charge in [0.2, 0.25) is 0 Å². The molecule has 22 heavy (non-hydrogen) atoms. The number of H-pyrrole nitrogens is 1. The first-order valence-electron chi connectivity index (χ1n) is 6.26. The van der Waals surface area contributed by atoms with E-state index in [-0.39, 0.29) is 18.2 Å². The van der Waals surface area contributed by atoms with Gasteiger partial charge in [-0.2, -0.15) is 0 Å². The number of nitrogen functional groups attached to an aromatic ring is 1. The molecule has 0 unspecified atom stereocenters. The Morgan fingerprint density at radius 1 is 1.32 bits per heavy atom. The third-order valence-corrected chi connectivity index (χ3v) is 3.67. The lowest BCUT2D eigenvalue weighted by Crippen LogP contribution is -2.04. The van der Waals surface area contributed by atoms with Crippen LogP contribution in [0.1, 0.15) is 11.6 Å². The standard InChI is InChI=1S/C13H11Cl2N5O2/c14-6-3-7-12(20-9(4-21)18-7)13(11(6)15)22-5-10-17-2-1-8(16)19-10/h1-3,21H,4-5H2,(H,18,20)(H2,16,17,19). The predicted octanol–water partition coefficient (Wildman–Crippen LogP) is 2.31. The lowest BCUT2D eigenvalue weighted by Gasteiger charge is -2.09. The molecule has 0 saturated carbocycles. The van der Waals surface area contributed by atoms with E-state index in [1.807, 2.05) is 0 Å². The maximum absolute atomic E-state index is 9.17. The maximum atomic E-state index is 9.17. The zero-order chi connectivity index (χ0) is 15.7. The van der Waals surface area contributed by atoms with E-state index in [0.717, 1.165) is 0 Å². The quantitative estimate of drug-likeness (QED) is 0.672. The average Bonchev–Trinajstić information content (AvgIpc) is 2.90. The fraction of sp³-hybridized carbons (Fsp3) is 0.154. The largest absolute Gasteiger partial charge is 0.482 e. The van der Waals surface area contributed by atoms with Gasteiger partial charge in [0.15, 0.2) is 11.6 Å². The van der Waals surface area contributed by atoms with Gasteiger partial charge in [0.05, 0.1) is 10.5 Å². The number of halogens is 2. The molecule has 4 N–H and O–H groups in total. The van der Waals surface area contributed by atoms with E-state index < -0.39 is 0 Å². The Hall–Kier alpha value is -2.09. The van der Waals surface area contributed by atoms with Crippen LogP contribution < -0.4 is 10.5 Å². The lowest BCUT2D eigenvalue weighted by molar-refractivity contribution is 0.272. The van der Waals surface area contributed by atoms with E-state index >= 15 is 0 Å². The summed E-state index contributed by atoms with van der Waals surface area (Å²) in [5, 5.41) is 9.71. The van der Waals surface area contributed by atoms with Crippen molar-refractivity contribution in [3.05, 3.63) is 40.0 Å². The monoisotopic (exact) mass is 339 g/mol. The minimum Gasteiger partial charge on any atom is -0.482 e. The molecule has 2 heterocycles. The van der Waals surface area contributed by atoms with E-state index in [9.17, 15) is 5.11 Å². The number of aromatic amines is 1. The number of hydrogen-bond donors (Lipinski definition) is 3. The Labute approximate surface area is 135 Å². The molecule has 0 aliphatic rings. The van der Waals surface area contributed by atoms with Crippen LogP contribution in [-0.4, -0.2) is 25.0 Å². The number of rotatable bonds is 4. The molecule has 0 spiro atoms. The minimum atomic E-state index is -0.234. The van der Waals surface area contributed by atoms with E-state index in [0.29, 0.717) is 39.3 Å². The minimum absolute atomic E-state index is 0.0571. The highest BCUT2D eigenvalue weighted by Gasteiger charge is 2.16. The van der Waals surface area contributed by atoms with E-state index in [1.165, 1.54) is 6.20 Å². The Balaban J connectivity index is 1.98. The molecule has 0 bridgehead atoms. The summed E-state index contributed by atoms with van der Waals surface area (Å²) < 4.78 is 5.67. The van der Waals surface area contributed by atoms with Gasteiger partial charge < -0.3 is 20.6 Å². The van der Waals surface area contributed by atoms with E-state index in [1.54, 1.807) is 12.1 Å². The van der Waals surface area contributed by atoms with Crippen molar-refractivity contribution in [2.45, 2.75) is 13.2 Å². The molecule has 0 saturated heterocycles. The van der Waals surface area contributed by atoms with Crippen LogP contribution in [0.25, 0.3) is 11.0 Å². The second-order valence-electron chi connectivity index (χ2n) is 4.43. The van der Waals surface area contributed by atoms with Crippen molar-refractivity contribution in [2.75, 3.05) is 5.73 Å². The van der Waals surface area contributed by atoms with Crippen LogP contribution in [-0.2, 0) is 13.2 Å². The van der Waals surface area contributed by atoms with Gasteiger partial charge >= 0.3 is 0 Å². The maximum Gasteiger partial charge on any atom is 0.168 e. The Morgan fingerprint density at radius 2 is 2.14 bits per heavy atom. The molecule has 2 aromatic heterocycles. The van der Waals surface area contributed by atoms with Gasteiger partial charge in [-0.3, -0.25) is 0 Å². The number of aliphatic hydroxyl groups is 1. The first kappa shape index (κ1) is 14.8. The number of fused-ring (bicyclic) bond motifs is 1. The number of anilines is 1. The zero-order valence-electron chi connectivity index (χ0n) is 11.2. The van der Waals surface area contributed by atoms with Crippen molar-refractivity contribution in [1.82, 2.24) is 19.9 Å². The van der Waals surface area contributed by atoms with Crippen LogP contribution in [0.5, 0.6) is 5.75 Å². The molecular weight excluding hydrogens is 329 g/mol. The van der Waals surface area contributed by atoms with Gasteiger partial charge in [0.25, 0.3) is 0 Å². The number of aromatic nitrogens is 4. The van der Waals surface area contributed by atoms with E-state index in [2.05, 4.69) is 19.9 Å². The summed E-state index contributed by atoms with van der Waals surface area (Å²) in [6.45, 7) is -0.177. The first-order valence-corrected chi connectivity index (χ1v) is 7.01. The molecule has 7 nitrogen and oxygen atoms in total. The highest BCUT2D eigenvalue weighted by atomic mass is 35.5. The van der Waals surface area contributed by atoms with Crippen molar-refractivity contribution in [3.8, 4) is 5.75 Å². The Kier molecular flexibility index (Phi) is 4.02. The second-order valence-corrected chi connectivity index (χ2v) is 5.21. The van der Waals surface area contributed by atoms with Gasteiger partial charge in [-0.05, 0) is 12.1 Å². The third kappa shape index (κ3) is 2.78. The topological polar surface area (TPSA) is 110 Å². The molecule has 114 valence electrons. The SMILES string of the molecule is Nc1ccnc(COc2c(Cl)c(Cl)cc3[nH]c(CO)nc23)n1. The van der Waals surface area contributed by atoms with Gasteiger partial charge in [-0.1, -0.05) is 23.2 Å². The van der Waals surface area contributed by atoms with Crippen LogP contribution in [0.15, 0.2) is 18.3 Å². The summed E-state index contributed by atoms with van der Waals surface area (Å²) >= 11 is 12.3. The number of nitrogens with zero attached hydrogens (tertiary/aromatic N) is 3. The molecule has 0 aliphatic carbocycles. The predicted molar refractivity (Wildman–Crippen MR) is 82.8 cm³/mol. The molecule has 1 aromatic carbocycles. The average molecular weight is 340 g/mol. The van der Waals surface area contributed by atoms with Crippen molar-refractivity contribution in [1.29, 1.82) is 0 Å². The molecular formula is C13H11Cl2N5O2. The molecule has 0 aliphatic heterocycles. The fourth-order valence-corrected chi connectivity index (χ4v) is 2.34. The van der Waals surface area contributed by atoms with Crippen LogP contribution >= 0.6 is 23.2 Å². The molecule has 0 atom stereocenters. The molecule has 0 amide bonds. The number of hydrogen-bond acceptors (Lipinski definition) is 6. The Morgan fingerprint density at radius 3 is 2.86 bits per heavy atom. The fourth-order valence-electron chi connectivity index (χ4n) is 1.95. The van der Waals surface area contributed by atoms with Crippen molar-refractivity contribution in [2.24, 2.45) is 0 Å². The van der Waals surface area contributed by atoms with Gasteiger partial charge in [0.1, 0.15) is 35.4 Å². The summed E-state index contributed by atoms with van der Waals surface area (Å²) in [7, 11) is 0. The van der Waals surface area contributed by atoms with Crippen molar-refractivity contribution < 1.29 is 9.84 Å². The molecule has 0 fully saturated rings. The summed E-state index contributed by atoms with van der Waals surface area (Å²) in [6.07, 6.45) is 1.54. The van der Waals surface area contributed by atoms with Gasteiger partial charge in [-0.25, -0.2) is 15.0 Å². The number of nitrogens with one attached hydrogen (secondary N) is 1. The summed E-state index contributed by atoms with van der Waals surface area (Å²) in [5.74, 6) is 1.44. The van der Waals surface area contributed by atoms with Crippen molar-refractivity contribution in [3.63, 3.8) is 0 Å². The number of benzene rings is 1. The van der Waals surface area contributed by atoms with E-state index in [4.69, 9.17) is 33.7 Å². The second kappa shape index (κ2) is 5.96. The Bertz CT molecular complexity index is 837. The molecule has 9 heteroatoms. The normalized spacial score (nSPS) is 11.0. The zero-order valence-corrected chi connectivity index (χ0v) is 12.7. The number of nitrogens with two attached hydrogens (primary N) is 1. The highest BCUT2D eigenvalue weighted by molar-refractivity contribution is 6.44. The molecule has 3 aromatic rings. The number of imidazole rings is 1. The van der Waals surface area contributed by atoms with Crippen LogP contribution in [0.2, 0.25) is 10.0 Å². The molecule has 3 rings (SSSR count). The lowest BCUT2D eigenvalue weighted by atomic mass is 10.3. The number of aliphatic hydroxyl groups excluding tert-OH is 1. The van der Waals surface area contributed by atoms with Crippen LogP contribution in [0.4, 0.5) is 5.82 Å². The van der Waals surface area contributed by atoms with Gasteiger partial charge in [0, 0.05) is 6.20 Å². The highest BCUT2D eigenvalue weighted by Crippen LogP contribution is 2.38. The third-order valence-electron chi connectivity index (χ3n) is 2.90. The van der Waals surface area contributed by atoms with Crippen molar-refractivity contribution >= 4 is 40.1 Å². The summed E-state index contributed by atoms with van der Waals surface area (Å²) in [6, 6.07) is 3.20. The van der Waals surface area contributed by atoms with Gasteiger partial charge in [-0.15, -0.1) is 0 Å². The number of ether oxygens (including phenoxy) is 1. The van der Waals surface area contributed by atoms with Crippen LogP contribution in [0.3, 0.4) is 0 Å². The first-order chi connectivity index (χ1) is 10.6. The van der Waals surface area contributed by atoms with Crippen LogP contribution in [0, 0.1) is 0 Å². The smallest absolute Gasteiger partial charge is 0.168 e.